The number of benzene rings is 2. The van der Waals surface area contributed by atoms with Crippen LogP contribution in [0.25, 0.3) is 0 Å². The standard InChI is InChI=1S/C21H23NO3/c1-3-20(23)16-8-11-17(12-9-16)25-14-21(24)22(2)19-13-10-15-6-4-5-7-18(15)19/h4-9,11-12,19H,3,10,13-14H2,1-2H3/t19-/m1/s1. The molecule has 0 fully saturated rings. The molecular weight excluding hydrogens is 314 g/mol. The Morgan fingerprint density at radius 2 is 1.84 bits per heavy atom. The molecule has 0 N–H and O–H groups in total. The number of hydrogen-bond acceptors (Lipinski definition) is 3. The van der Waals surface area contributed by atoms with E-state index in [1.165, 1.54) is 11.1 Å². The van der Waals surface area contributed by atoms with Gasteiger partial charge in [-0.05, 0) is 48.2 Å². The summed E-state index contributed by atoms with van der Waals surface area (Å²) in [6.07, 6.45) is 2.44. The zero-order valence-electron chi connectivity index (χ0n) is 14.7. The normalized spacial score (nSPS) is 15.5. The molecule has 130 valence electrons. The molecule has 0 aliphatic heterocycles. The minimum absolute atomic E-state index is 0.00373. The third-order valence-electron chi connectivity index (χ3n) is 4.82. The fraction of sp³-hybridized carbons (Fsp3) is 0.333. The first-order chi connectivity index (χ1) is 12.1. The van der Waals surface area contributed by atoms with Crippen LogP contribution in [-0.2, 0) is 11.2 Å². The Morgan fingerprint density at radius 1 is 1.12 bits per heavy atom. The molecule has 0 aromatic heterocycles. The van der Waals surface area contributed by atoms with E-state index in [0.717, 1.165) is 12.8 Å². The number of ketones is 1. The topological polar surface area (TPSA) is 46.6 Å². The minimum Gasteiger partial charge on any atom is -0.484 e. The van der Waals surface area contributed by atoms with Gasteiger partial charge in [0, 0.05) is 19.0 Å². The summed E-state index contributed by atoms with van der Waals surface area (Å²) in [4.78, 5) is 25.9. The number of likely N-dealkylation sites (N-methyl/N-ethyl adjacent to an activating group) is 1. The number of ether oxygens (including phenoxy) is 1. The third kappa shape index (κ3) is 3.73. The smallest absolute Gasteiger partial charge is 0.260 e. The van der Waals surface area contributed by atoms with Crippen molar-refractivity contribution >= 4 is 11.7 Å². The quantitative estimate of drug-likeness (QED) is 0.753. The number of hydrogen-bond donors (Lipinski definition) is 0. The third-order valence-corrected chi connectivity index (χ3v) is 4.82. The van der Waals surface area contributed by atoms with Crippen LogP contribution in [-0.4, -0.2) is 30.2 Å². The zero-order valence-corrected chi connectivity index (χ0v) is 14.7. The number of aryl methyl sites for hydroxylation is 1. The van der Waals surface area contributed by atoms with Gasteiger partial charge in [-0.2, -0.15) is 0 Å². The molecule has 25 heavy (non-hydrogen) atoms. The molecule has 0 unspecified atom stereocenters. The van der Waals surface area contributed by atoms with Crippen LogP contribution in [0.2, 0.25) is 0 Å². The van der Waals surface area contributed by atoms with Gasteiger partial charge in [0.15, 0.2) is 12.4 Å². The molecule has 0 bridgehead atoms. The van der Waals surface area contributed by atoms with Crippen LogP contribution in [0.3, 0.4) is 0 Å². The fourth-order valence-corrected chi connectivity index (χ4v) is 3.30. The van der Waals surface area contributed by atoms with Gasteiger partial charge < -0.3 is 9.64 Å². The lowest BCUT2D eigenvalue weighted by atomic mass is 10.1. The first-order valence-electron chi connectivity index (χ1n) is 8.69. The van der Waals surface area contributed by atoms with Crippen molar-refractivity contribution in [2.45, 2.75) is 32.2 Å². The summed E-state index contributed by atoms with van der Waals surface area (Å²) in [6, 6.07) is 15.4. The van der Waals surface area contributed by atoms with Crippen molar-refractivity contribution in [2.24, 2.45) is 0 Å². The number of amides is 1. The minimum atomic E-state index is -0.0459. The second-order valence-electron chi connectivity index (χ2n) is 6.35. The maximum absolute atomic E-state index is 12.5. The van der Waals surface area contributed by atoms with Crippen molar-refractivity contribution in [1.82, 2.24) is 4.90 Å². The Morgan fingerprint density at radius 3 is 2.56 bits per heavy atom. The lowest BCUT2D eigenvalue weighted by Crippen LogP contribution is -2.34. The van der Waals surface area contributed by atoms with Gasteiger partial charge in [-0.15, -0.1) is 0 Å². The summed E-state index contributed by atoms with van der Waals surface area (Å²) in [6.45, 7) is 1.83. The molecule has 0 heterocycles. The molecule has 4 heteroatoms. The Kier molecular flexibility index (Phi) is 5.17. The van der Waals surface area contributed by atoms with E-state index in [2.05, 4.69) is 12.1 Å². The number of carbonyl (C=O) groups is 2. The number of nitrogens with zero attached hydrogens (tertiary/aromatic N) is 1. The van der Waals surface area contributed by atoms with E-state index in [1.54, 1.807) is 29.2 Å². The van der Waals surface area contributed by atoms with Gasteiger partial charge in [-0.3, -0.25) is 9.59 Å². The van der Waals surface area contributed by atoms with Gasteiger partial charge in [0.25, 0.3) is 5.91 Å². The van der Waals surface area contributed by atoms with Gasteiger partial charge >= 0.3 is 0 Å². The Balaban J connectivity index is 1.58. The lowest BCUT2D eigenvalue weighted by molar-refractivity contribution is -0.134. The van der Waals surface area contributed by atoms with Crippen molar-refractivity contribution in [1.29, 1.82) is 0 Å². The van der Waals surface area contributed by atoms with E-state index in [9.17, 15) is 9.59 Å². The van der Waals surface area contributed by atoms with Crippen molar-refractivity contribution < 1.29 is 14.3 Å². The summed E-state index contributed by atoms with van der Waals surface area (Å²) >= 11 is 0. The maximum Gasteiger partial charge on any atom is 0.260 e. The Bertz CT molecular complexity index is 767. The molecule has 1 amide bonds. The van der Waals surface area contributed by atoms with E-state index in [4.69, 9.17) is 4.74 Å². The van der Waals surface area contributed by atoms with E-state index < -0.39 is 0 Å². The molecule has 1 aliphatic rings. The van der Waals surface area contributed by atoms with Crippen LogP contribution in [0.5, 0.6) is 5.75 Å². The molecule has 3 rings (SSSR count). The highest BCUT2D eigenvalue weighted by molar-refractivity contribution is 5.95. The van der Waals surface area contributed by atoms with Crippen LogP contribution >= 0.6 is 0 Å². The highest BCUT2D eigenvalue weighted by Crippen LogP contribution is 2.34. The predicted octanol–water partition coefficient (Wildman–Crippen LogP) is 3.80. The highest BCUT2D eigenvalue weighted by atomic mass is 16.5. The Labute approximate surface area is 148 Å². The monoisotopic (exact) mass is 337 g/mol. The number of carbonyl (C=O) groups excluding carboxylic acids is 2. The maximum atomic E-state index is 12.5. The first kappa shape index (κ1) is 17.2. The molecule has 2 aromatic rings. The number of Topliss-reactive ketones (excluding diaryl/α,β-unsaturated/α-hetero) is 1. The fourth-order valence-electron chi connectivity index (χ4n) is 3.30. The van der Waals surface area contributed by atoms with E-state index in [-0.39, 0.29) is 24.3 Å². The van der Waals surface area contributed by atoms with Gasteiger partial charge in [0.2, 0.25) is 0 Å². The Hall–Kier alpha value is -2.62. The molecule has 0 saturated heterocycles. The SMILES string of the molecule is CCC(=O)c1ccc(OCC(=O)N(C)[C@@H]2CCc3ccccc32)cc1. The van der Waals surface area contributed by atoms with Crippen molar-refractivity contribution in [3.63, 3.8) is 0 Å². The van der Waals surface area contributed by atoms with Crippen LogP contribution in [0.4, 0.5) is 0 Å². The van der Waals surface area contributed by atoms with Crippen LogP contribution in [0.15, 0.2) is 48.5 Å². The van der Waals surface area contributed by atoms with E-state index in [1.807, 2.05) is 26.1 Å². The first-order valence-corrected chi connectivity index (χ1v) is 8.69. The molecule has 1 aliphatic carbocycles. The lowest BCUT2D eigenvalue weighted by Gasteiger charge is -2.25. The van der Waals surface area contributed by atoms with Crippen molar-refractivity contribution in [3.05, 3.63) is 65.2 Å². The molecule has 0 spiro atoms. The largest absolute Gasteiger partial charge is 0.484 e. The zero-order chi connectivity index (χ0) is 17.8. The number of rotatable bonds is 6. The average molecular weight is 337 g/mol. The molecule has 0 saturated carbocycles. The molecule has 4 nitrogen and oxygen atoms in total. The van der Waals surface area contributed by atoms with Gasteiger partial charge in [-0.25, -0.2) is 0 Å². The second-order valence-corrected chi connectivity index (χ2v) is 6.35. The summed E-state index contributed by atoms with van der Waals surface area (Å²) in [7, 11) is 1.83. The predicted molar refractivity (Wildman–Crippen MR) is 96.8 cm³/mol. The highest BCUT2D eigenvalue weighted by Gasteiger charge is 2.28. The summed E-state index contributed by atoms with van der Waals surface area (Å²) in [5, 5.41) is 0. The van der Waals surface area contributed by atoms with Crippen LogP contribution in [0.1, 0.15) is 47.3 Å². The van der Waals surface area contributed by atoms with Gasteiger partial charge in [0.05, 0.1) is 6.04 Å². The summed E-state index contributed by atoms with van der Waals surface area (Å²) < 4.78 is 5.60. The van der Waals surface area contributed by atoms with E-state index in [0.29, 0.717) is 17.7 Å². The average Bonchev–Trinajstić information content (AvgIpc) is 3.09. The second kappa shape index (κ2) is 7.51. The molecular formula is C21H23NO3. The van der Waals surface area contributed by atoms with Gasteiger partial charge in [-0.1, -0.05) is 31.2 Å². The summed E-state index contributed by atoms with van der Waals surface area (Å²) in [5.74, 6) is 0.652. The number of fused-ring (bicyclic) bond motifs is 1. The van der Waals surface area contributed by atoms with Gasteiger partial charge in [0.1, 0.15) is 5.75 Å². The molecule has 2 aromatic carbocycles. The van der Waals surface area contributed by atoms with E-state index >= 15 is 0 Å². The van der Waals surface area contributed by atoms with Crippen LogP contribution in [0, 0.1) is 0 Å². The molecule has 1 atom stereocenters. The molecule has 0 radical (unpaired) electrons. The summed E-state index contributed by atoms with van der Waals surface area (Å²) in [5.41, 5.74) is 3.23. The van der Waals surface area contributed by atoms with Crippen molar-refractivity contribution in [3.8, 4) is 5.75 Å². The van der Waals surface area contributed by atoms with Crippen LogP contribution < -0.4 is 4.74 Å². The van der Waals surface area contributed by atoms with Crippen molar-refractivity contribution in [2.75, 3.05) is 13.7 Å².